The molecular formula is C26H27NO5. The van der Waals surface area contributed by atoms with Crippen molar-refractivity contribution in [1.29, 1.82) is 0 Å². The maximum absolute atomic E-state index is 11.3. The molecule has 0 aliphatic rings. The Kier molecular flexibility index (Phi) is 7.52. The monoisotopic (exact) mass is 433 g/mol. The van der Waals surface area contributed by atoms with E-state index in [2.05, 4.69) is 31.2 Å². The number of hydrogen-bond donors (Lipinski definition) is 2. The zero-order chi connectivity index (χ0) is 23.1. The molecule has 6 nitrogen and oxygen atoms in total. The van der Waals surface area contributed by atoms with Crippen LogP contribution in [0.3, 0.4) is 0 Å². The van der Waals surface area contributed by atoms with Crippen molar-refractivity contribution in [2.75, 3.05) is 21.0 Å². The molecule has 0 aliphatic carbocycles. The first-order chi connectivity index (χ1) is 15.5. The van der Waals surface area contributed by atoms with E-state index in [4.69, 9.17) is 9.47 Å². The van der Waals surface area contributed by atoms with Crippen LogP contribution >= 0.6 is 0 Å². The summed E-state index contributed by atoms with van der Waals surface area (Å²) >= 11 is 0. The molecule has 1 amide bonds. The van der Waals surface area contributed by atoms with E-state index in [1.165, 1.54) is 30.9 Å². The van der Waals surface area contributed by atoms with E-state index in [1.54, 1.807) is 0 Å². The van der Waals surface area contributed by atoms with Gasteiger partial charge < -0.3 is 19.7 Å². The Bertz CT molecular complexity index is 1080. The second-order valence-electron chi connectivity index (χ2n) is 7.25. The summed E-state index contributed by atoms with van der Waals surface area (Å²) in [6, 6.07) is 20.1. The van der Waals surface area contributed by atoms with Crippen molar-refractivity contribution in [3.63, 3.8) is 0 Å². The van der Waals surface area contributed by atoms with Gasteiger partial charge in [-0.05, 0) is 46.9 Å². The maximum Gasteiger partial charge on any atom is 0.409 e. The number of hydrogen-bond acceptors (Lipinski definition) is 4. The lowest BCUT2D eigenvalue weighted by Crippen LogP contribution is -2.30. The second kappa shape index (κ2) is 10.5. The number of rotatable bonds is 8. The van der Waals surface area contributed by atoms with Gasteiger partial charge in [0.1, 0.15) is 18.2 Å². The molecule has 32 heavy (non-hydrogen) atoms. The smallest absolute Gasteiger partial charge is 0.409 e. The fraction of sp³-hybridized carbons (Fsp3) is 0.192. The van der Waals surface area contributed by atoms with Gasteiger partial charge >= 0.3 is 6.09 Å². The van der Waals surface area contributed by atoms with Gasteiger partial charge in [0.2, 0.25) is 0 Å². The highest BCUT2D eigenvalue weighted by Gasteiger charge is 2.18. The lowest BCUT2D eigenvalue weighted by Gasteiger charge is -2.20. The molecule has 3 aromatic carbocycles. The van der Waals surface area contributed by atoms with Crippen LogP contribution in [0.15, 0.2) is 60.7 Å². The quantitative estimate of drug-likeness (QED) is 0.373. The Labute approximate surface area is 188 Å². The predicted octanol–water partition coefficient (Wildman–Crippen LogP) is 5.28. The second-order valence-corrected chi connectivity index (χ2v) is 7.25. The van der Waals surface area contributed by atoms with Crippen molar-refractivity contribution < 1.29 is 24.5 Å². The van der Waals surface area contributed by atoms with Crippen LogP contribution < -0.4 is 9.47 Å². The first-order valence-electron chi connectivity index (χ1n) is 10.1. The fourth-order valence-electron chi connectivity index (χ4n) is 3.58. The molecule has 0 aliphatic heterocycles. The summed E-state index contributed by atoms with van der Waals surface area (Å²) in [5.74, 6) is 0.969. The number of aliphatic hydroxyl groups excluding tert-OH is 1. The Morgan fingerprint density at radius 2 is 1.62 bits per heavy atom. The van der Waals surface area contributed by atoms with Gasteiger partial charge in [-0.3, -0.25) is 4.90 Å². The summed E-state index contributed by atoms with van der Waals surface area (Å²) in [5, 5.41) is 18.6. The molecule has 0 radical (unpaired) electrons. The molecule has 0 unspecified atom stereocenters. The molecule has 2 N–H and O–H groups in total. The predicted molar refractivity (Wildman–Crippen MR) is 126 cm³/mol. The van der Waals surface area contributed by atoms with Crippen molar-refractivity contribution in [1.82, 2.24) is 4.90 Å². The lowest BCUT2D eigenvalue weighted by atomic mass is 9.96. The SMILES string of the molecule is COc1cc(/C=C/c2cccc(-c3ccccc3)c2C)cc(OC)c1CN(CO)C(=O)O. The normalized spacial score (nSPS) is 10.9. The molecule has 0 fully saturated rings. The Balaban J connectivity index is 1.95. The lowest BCUT2D eigenvalue weighted by molar-refractivity contribution is 0.0835. The largest absolute Gasteiger partial charge is 0.496 e. The number of nitrogens with zero attached hydrogens (tertiary/aromatic N) is 1. The summed E-state index contributed by atoms with van der Waals surface area (Å²) in [7, 11) is 3.03. The minimum absolute atomic E-state index is 0.0552. The van der Waals surface area contributed by atoms with Crippen molar-refractivity contribution in [3.8, 4) is 22.6 Å². The van der Waals surface area contributed by atoms with Crippen molar-refractivity contribution >= 4 is 18.2 Å². The van der Waals surface area contributed by atoms with E-state index in [0.717, 1.165) is 16.0 Å². The molecule has 0 atom stereocenters. The van der Waals surface area contributed by atoms with Crippen molar-refractivity contribution in [3.05, 3.63) is 82.9 Å². The van der Waals surface area contributed by atoms with Crippen molar-refractivity contribution in [2.45, 2.75) is 13.5 Å². The van der Waals surface area contributed by atoms with Gasteiger partial charge in [-0.25, -0.2) is 4.79 Å². The summed E-state index contributed by atoms with van der Waals surface area (Å²) in [5.41, 5.74) is 6.00. The van der Waals surface area contributed by atoms with E-state index in [-0.39, 0.29) is 6.54 Å². The zero-order valence-corrected chi connectivity index (χ0v) is 18.4. The molecule has 0 heterocycles. The van der Waals surface area contributed by atoms with Crippen molar-refractivity contribution in [2.24, 2.45) is 0 Å². The number of benzene rings is 3. The third-order valence-corrected chi connectivity index (χ3v) is 5.34. The number of carbonyl (C=O) groups is 1. The number of amides is 1. The van der Waals surface area contributed by atoms with Gasteiger partial charge in [0, 0.05) is 0 Å². The van der Waals surface area contributed by atoms with Crippen LogP contribution in [0.1, 0.15) is 22.3 Å². The number of aliphatic hydroxyl groups is 1. The van der Waals surface area contributed by atoms with Crippen LogP contribution in [0, 0.1) is 6.92 Å². The molecule has 3 rings (SSSR count). The van der Waals surface area contributed by atoms with Crippen LogP contribution in [-0.2, 0) is 6.54 Å². The first kappa shape index (κ1) is 22.9. The molecule has 0 spiro atoms. The molecular weight excluding hydrogens is 406 g/mol. The average Bonchev–Trinajstić information content (AvgIpc) is 2.82. The number of methoxy groups -OCH3 is 2. The van der Waals surface area contributed by atoms with E-state index in [9.17, 15) is 15.0 Å². The zero-order valence-electron chi connectivity index (χ0n) is 18.4. The minimum atomic E-state index is -1.23. The van der Waals surface area contributed by atoms with Crippen LogP contribution in [0.4, 0.5) is 4.79 Å². The Morgan fingerprint density at radius 1 is 0.969 bits per heavy atom. The van der Waals surface area contributed by atoms with Crippen LogP contribution in [0.5, 0.6) is 11.5 Å². The molecule has 6 heteroatoms. The molecule has 0 bridgehead atoms. The van der Waals surface area contributed by atoms with Gasteiger partial charge in [-0.15, -0.1) is 0 Å². The molecule has 0 saturated carbocycles. The fourth-order valence-corrected chi connectivity index (χ4v) is 3.58. The third kappa shape index (κ3) is 5.10. The number of ether oxygens (including phenoxy) is 2. The molecule has 0 saturated heterocycles. The van der Waals surface area contributed by atoms with Gasteiger partial charge in [-0.1, -0.05) is 60.7 Å². The Morgan fingerprint density at radius 3 is 2.19 bits per heavy atom. The summed E-state index contributed by atoms with van der Waals surface area (Å²) in [6.07, 6.45) is 2.77. The standard InChI is InChI=1S/C26H27NO5/c1-18-20(10-7-11-22(18)21-8-5-4-6-9-21)13-12-19-14-24(31-2)23(25(15-19)32-3)16-27(17-28)26(29)30/h4-15,28H,16-17H2,1-3H3,(H,29,30)/b13-12+. The van der Waals surface area contributed by atoms with E-state index in [0.29, 0.717) is 17.1 Å². The van der Waals surface area contributed by atoms with Crippen LogP contribution in [0.25, 0.3) is 23.3 Å². The third-order valence-electron chi connectivity index (χ3n) is 5.34. The summed E-state index contributed by atoms with van der Waals surface area (Å²) in [4.78, 5) is 12.2. The highest BCUT2D eigenvalue weighted by molar-refractivity contribution is 5.78. The van der Waals surface area contributed by atoms with E-state index < -0.39 is 12.8 Å². The molecule has 3 aromatic rings. The summed E-state index contributed by atoms with van der Waals surface area (Å²) in [6.45, 7) is 1.42. The minimum Gasteiger partial charge on any atom is -0.496 e. The molecule has 166 valence electrons. The van der Waals surface area contributed by atoms with Gasteiger partial charge in [-0.2, -0.15) is 0 Å². The molecule has 0 aromatic heterocycles. The van der Waals surface area contributed by atoms with Gasteiger partial charge in [0.25, 0.3) is 0 Å². The highest BCUT2D eigenvalue weighted by Crippen LogP contribution is 2.33. The van der Waals surface area contributed by atoms with Gasteiger partial charge in [0.05, 0.1) is 26.3 Å². The topological polar surface area (TPSA) is 79.2 Å². The number of carboxylic acid groups (broad SMARTS) is 1. The highest BCUT2D eigenvalue weighted by atomic mass is 16.5. The average molecular weight is 434 g/mol. The van der Waals surface area contributed by atoms with Crippen LogP contribution in [-0.4, -0.2) is 42.2 Å². The van der Waals surface area contributed by atoms with Crippen LogP contribution in [0.2, 0.25) is 0 Å². The maximum atomic E-state index is 11.3. The summed E-state index contributed by atoms with van der Waals surface area (Å²) < 4.78 is 11.0. The van der Waals surface area contributed by atoms with E-state index in [1.807, 2.05) is 48.6 Å². The van der Waals surface area contributed by atoms with Gasteiger partial charge in [0.15, 0.2) is 0 Å². The first-order valence-corrected chi connectivity index (χ1v) is 10.1. The van der Waals surface area contributed by atoms with E-state index >= 15 is 0 Å². The Hall–Kier alpha value is -3.77.